The molecule has 1 aliphatic heterocycles. The zero-order chi connectivity index (χ0) is 16.5. The summed E-state index contributed by atoms with van der Waals surface area (Å²) >= 11 is 0. The van der Waals surface area contributed by atoms with Crippen molar-refractivity contribution in [1.29, 1.82) is 0 Å². The Morgan fingerprint density at radius 1 is 1.36 bits per heavy atom. The van der Waals surface area contributed by atoms with Crippen molar-refractivity contribution in [3.05, 3.63) is 28.8 Å². The van der Waals surface area contributed by atoms with E-state index >= 15 is 0 Å². The minimum atomic E-state index is -1.25. The minimum absolute atomic E-state index is 0.371. The second-order valence-electron chi connectivity index (χ2n) is 6.23. The van der Waals surface area contributed by atoms with Crippen molar-refractivity contribution < 1.29 is 19.4 Å². The molecule has 2 rings (SSSR count). The van der Waals surface area contributed by atoms with Gasteiger partial charge in [-0.25, -0.2) is 4.79 Å². The number of amides is 1. The number of ether oxygens (including phenoxy) is 1. The van der Waals surface area contributed by atoms with Gasteiger partial charge < -0.3 is 15.2 Å². The zero-order valence-electron chi connectivity index (χ0n) is 13.5. The molecule has 2 N–H and O–H groups in total. The molecule has 5 nitrogen and oxygen atoms in total. The van der Waals surface area contributed by atoms with Crippen LogP contribution in [0.5, 0.6) is 5.75 Å². The topological polar surface area (TPSA) is 75.6 Å². The van der Waals surface area contributed by atoms with Crippen LogP contribution in [-0.4, -0.2) is 28.6 Å². The highest BCUT2D eigenvalue weighted by atomic mass is 16.5. The maximum atomic E-state index is 12.4. The molecule has 2 unspecified atom stereocenters. The zero-order valence-corrected chi connectivity index (χ0v) is 13.5. The highest BCUT2D eigenvalue weighted by Crippen LogP contribution is 2.31. The van der Waals surface area contributed by atoms with Gasteiger partial charge in [0, 0.05) is 6.42 Å². The summed E-state index contributed by atoms with van der Waals surface area (Å²) in [6.45, 7) is 7.44. The predicted molar refractivity (Wildman–Crippen MR) is 83.1 cm³/mol. The number of carbonyl (C=O) groups excluding carboxylic acids is 1. The quantitative estimate of drug-likeness (QED) is 0.875. The molecular weight excluding hydrogens is 282 g/mol. The van der Waals surface area contributed by atoms with Crippen LogP contribution in [-0.2, 0) is 16.0 Å². The third kappa shape index (κ3) is 3.08. The second-order valence-corrected chi connectivity index (χ2v) is 6.23. The van der Waals surface area contributed by atoms with E-state index < -0.39 is 17.6 Å². The summed E-state index contributed by atoms with van der Waals surface area (Å²) in [7, 11) is 0. The Morgan fingerprint density at radius 2 is 2.00 bits per heavy atom. The largest absolute Gasteiger partial charge is 0.480 e. The number of fused-ring (bicyclic) bond motifs is 1. The van der Waals surface area contributed by atoms with Crippen molar-refractivity contribution in [3.63, 3.8) is 0 Å². The molecule has 0 radical (unpaired) electrons. The van der Waals surface area contributed by atoms with Crippen molar-refractivity contribution in [2.45, 2.75) is 58.6 Å². The van der Waals surface area contributed by atoms with E-state index in [1.54, 1.807) is 0 Å². The maximum Gasteiger partial charge on any atom is 0.329 e. The molecule has 1 heterocycles. The fraction of sp³-hybridized carbons (Fsp3) is 0.529. The van der Waals surface area contributed by atoms with Crippen LogP contribution >= 0.6 is 0 Å². The van der Waals surface area contributed by atoms with Crippen molar-refractivity contribution in [2.75, 3.05) is 0 Å². The second kappa shape index (κ2) is 5.99. The molecule has 1 aromatic carbocycles. The number of carbonyl (C=O) groups is 2. The summed E-state index contributed by atoms with van der Waals surface area (Å²) in [5.41, 5.74) is 2.01. The summed E-state index contributed by atoms with van der Waals surface area (Å²) < 4.78 is 5.70. The van der Waals surface area contributed by atoms with E-state index in [4.69, 9.17) is 4.74 Å². The van der Waals surface area contributed by atoms with Crippen LogP contribution < -0.4 is 10.1 Å². The van der Waals surface area contributed by atoms with Gasteiger partial charge in [-0.1, -0.05) is 19.4 Å². The van der Waals surface area contributed by atoms with Gasteiger partial charge in [0.15, 0.2) is 6.10 Å². The standard InChI is InChI=1S/C17H23NO4/c1-5-6-17(4,16(20)21)18-15(19)14-9-12-7-10(2)11(3)8-13(12)22-14/h7-8,14H,5-6,9H2,1-4H3,(H,18,19)(H,20,21). The summed E-state index contributed by atoms with van der Waals surface area (Å²) in [4.78, 5) is 23.8. The Bertz CT molecular complexity index is 580. The van der Waals surface area contributed by atoms with Crippen molar-refractivity contribution in [3.8, 4) is 5.75 Å². The smallest absolute Gasteiger partial charge is 0.329 e. The van der Waals surface area contributed by atoms with E-state index in [9.17, 15) is 14.7 Å². The number of aliphatic carboxylic acids is 1. The lowest BCUT2D eigenvalue weighted by atomic mass is 9.95. The fourth-order valence-electron chi connectivity index (χ4n) is 2.73. The van der Waals surface area contributed by atoms with Gasteiger partial charge in [0.2, 0.25) is 0 Å². The number of nitrogens with one attached hydrogen (secondary N) is 1. The third-order valence-corrected chi connectivity index (χ3v) is 4.26. The molecule has 5 heteroatoms. The number of hydrogen-bond donors (Lipinski definition) is 2. The molecule has 0 spiro atoms. The molecule has 0 saturated heterocycles. The van der Waals surface area contributed by atoms with Crippen molar-refractivity contribution in [1.82, 2.24) is 5.32 Å². The van der Waals surface area contributed by atoms with Gasteiger partial charge in [0.05, 0.1) is 0 Å². The first-order valence-electron chi connectivity index (χ1n) is 7.59. The van der Waals surface area contributed by atoms with Crippen LogP contribution in [0.2, 0.25) is 0 Å². The lowest BCUT2D eigenvalue weighted by Gasteiger charge is -2.27. The molecule has 2 atom stereocenters. The molecule has 0 aromatic heterocycles. The molecule has 1 aromatic rings. The molecule has 22 heavy (non-hydrogen) atoms. The Hall–Kier alpha value is -2.04. The first-order chi connectivity index (χ1) is 10.3. The number of hydrogen-bond acceptors (Lipinski definition) is 3. The SMILES string of the molecule is CCCC(C)(NC(=O)C1Cc2cc(C)c(C)cc2O1)C(=O)O. The van der Waals surface area contributed by atoms with Gasteiger partial charge in [-0.2, -0.15) is 0 Å². The van der Waals surface area contributed by atoms with E-state index in [-0.39, 0.29) is 5.91 Å². The summed E-state index contributed by atoms with van der Waals surface area (Å²) in [6, 6.07) is 3.96. The number of benzene rings is 1. The van der Waals surface area contributed by atoms with Gasteiger partial charge >= 0.3 is 5.97 Å². The molecule has 1 aliphatic rings. The first kappa shape index (κ1) is 16.3. The van der Waals surface area contributed by atoms with E-state index in [1.165, 1.54) is 6.92 Å². The number of aryl methyl sites for hydroxylation is 2. The lowest BCUT2D eigenvalue weighted by Crippen LogP contribution is -2.55. The van der Waals surface area contributed by atoms with Crippen LogP contribution in [0.25, 0.3) is 0 Å². The van der Waals surface area contributed by atoms with Crippen LogP contribution in [0.15, 0.2) is 12.1 Å². The number of carboxylic acid groups (broad SMARTS) is 1. The summed E-state index contributed by atoms with van der Waals surface area (Å²) in [6.07, 6.45) is 0.871. The monoisotopic (exact) mass is 305 g/mol. The molecule has 0 saturated carbocycles. The van der Waals surface area contributed by atoms with Crippen molar-refractivity contribution >= 4 is 11.9 Å². The van der Waals surface area contributed by atoms with Crippen LogP contribution in [0, 0.1) is 13.8 Å². The Kier molecular flexibility index (Phi) is 4.44. The van der Waals surface area contributed by atoms with E-state index in [1.807, 2.05) is 32.9 Å². The third-order valence-electron chi connectivity index (χ3n) is 4.26. The maximum absolute atomic E-state index is 12.4. The lowest BCUT2D eigenvalue weighted by molar-refractivity contribution is -0.148. The Morgan fingerprint density at radius 3 is 2.59 bits per heavy atom. The number of rotatable bonds is 5. The van der Waals surface area contributed by atoms with Gasteiger partial charge in [-0.15, -0.1) is 0 Å². The molecule has 0 fully saturated rings. The van der Waals surface area contributed by atoms with Gasteiger partial charge in [-0.3, -0.25) is 4.79 Å². The Labute approximate surface area is 130 Å². The highest BCUT2D eigenvalue weighted by molar-refractivity contribution is 5.89. The van der Waals surface area contributed by atoms with Gasteiger partial charge in [0.25, 0.3) is 5.91 Å². The molecule has 120 valence electrons. The molecule has 0 bridgehead atoms. The summed E-state index contributed by atoms with van der Waals surface area (Å²) in [5.74, 6) is -0.675. The minimum Gasteiger partial charge on any atom is -0.480 e. The highest BCUT2D eigenvalue weighted by Gasteiger charge is 2.38. The van der Waals surface area contributed by atoms with Gasteiger partial charge in [-0.05, 0) is 49.9 Å². The molecule has 0 aliphatic carbocycles. The summed E-state index contributed by atoms with van der Waals surface area (Å²) in [5, 5.41) is 12.0. The average molecular weight is 305 g/mol. The van der Waals surface area contributed by atoms with Gasteiger partial charge in [0.1, 0.15) is 11.3 Å². The van der Waals surface area contributed by atoms with Crippen LogP contribution in [0.3, 0.4) is 0 Å². The first-order valence-corrected chi connectivity index (χ1v) is 7.59. The molecular formula is C17H23NO4. The van der Waals surface area contributed by atoms with E-state index in [0.717, 1.165) is 22.4 Å². The number of carboxylic acids is 1. The fourth-order valence-corrected chi connectivity index (χ4v) is 2.73. The van der Waals surface area contributed by atoms with E-state index in [2.05, 4.69) is 5.32 Å². The Balaban J connectivity index is 2.11. The average Bonchev–Trinajstić information content (AvgIpc) is 2.82. The molecule has 1 amide bonds. The normalized spacial score (nSPS) is 19.0. The van der Waals surface area contributed by atoms with Crippen LogP contribution in [0.1, 0.15) is 43.4 Å². The van der Waals surface area contributed by atoms with E-state index in [0.29, 0.717) is 19.3 Å². The van der Waals surface area contributed by atoms with Crippen molar-refractivity contribution in [2.24, 2.45) is 0 Å². The predicted octanol–water partition coefficient (Wildman–Crippen LogP) is 2.37. The van der Waals surface area contributed by atoms with Crippen LogP contribution in [0.4, 0.5) is 0 Å².